The fourth-order valence-electron chi connectivity index (χ4n) is 2.57. The first kappa shape index (κ1) is 15.8. The number of nitrogens with zero attached hydrogens (tertiary/aromatic N) is 1. The van der Waals surface area contributed by atoms with Crippen LogP contribution in [0.4, 0.5) is 19.0 Å². The van der Waals surface area contributed by atoms with Gasteiger partial charge in [-0.15, -0.1) is 0 Å². The van der Waals surface area contributed by atoms with Crippen LogP contribution in [-0.2, 0) is 11.3 Å². The number of nitrogens with one attached hydrogen (secondary N) is 1. The van der Waals surface area contributed by atoms with Crippen molar-refractivity contribution in [3.05, 3.63) is 23.9 Å². The first-order chi connectivity index (χ1) is 9.90. The second-order valence-electron chi connectivity index (χ2n) is 5.35. The summed E-state index contributed by atoms with van der Waals surface area (Å²) >= 11 is 0. The van der Waals surface area contributed by atoms with E-state index in [4.69, 9.17) is 5.73 Å². The highest BCUT2D eigenvalue weighted by Crippen LogP contribution is 2.40. The van der Waals surface area contributed by atoms with E-state index in [2.05, 4.69) is 10.3 Å². The van der Waals surface area contributed by atoms with Gasteiger partial charge in [-0.2, -0.15) is 13.2 Å². The standard InChI is InChI=1S/C14H18F3N3O/c15-14(16,17)11-3-1-2-10(6-11)13(21)20-12-5-4-9(7-18)8-19-12/h4-5,8,10-11H,1-3,6-7,18H2,(H,19,20,21). The van der Waals surface area contributed by atoms with Crippen LogP contribution < -0.4 is 11.1 Å². The molecule has 0 saturated heterocycles. The lowest BCUT2D eigenvalue weighted by molar-refractivity contribution is -0.185. The Morgan fingerprint density at radius 1 is 1.38 bits per heavy atom. The van der Waals surface area contributed by atoms with Crippen LogP contribution in [0.25, 0.3) is 0 Å². The number of rotatable bonds is 3. The first-order valence-electron chi connectivity index (χ1n) is 6.92. The largest absolute Gasteiger partial charge is 0.391 e. The molecule has 0 aromatic carbocycles. The van der Waals surface area contributed by atoms with Gasteiger partial charge in [0.2, 0.25) is 5.91 Å². The summed E-state index contributed by atoms with van der Waals surface area (Å²) in [6.45, 7) is 0.344. The van der Waals surface area contributed by atoms with Gasteiger partial charge in [0.05, 0.1) is 5.92 Å². The van der Waals surface area contributed by atoms with Gasteiger partial charge in [-0.25, -0.2) is 4.98 Å². The number of carbonyl (C=O) groups excluding carboxylic acids is 1. The van der Waals surface area contributed by atoms with Crippen molar-refractivity contribution in [2.75, 3.05) is 5.32 Å². The molecule has 2 rings (SSSR count). The predicted octanol–water partition coefficient (Wildman–Crippen LogP) is 2.85. The molecule has 0 radical (unpaired) electrons. The van der Waals surface area contributed by atoms with E-state index < -0.39 is 23.9 Å². The van der Waals surface area contributed by atoms with Crippen LogP contribution in [0.3, 0.4) is 0 Å². The van der Waals surface area contributed by atoms with Crippen LogP contribution >= 0.6 is 0 Å². The van der Waals surface area contributed by atoms with Crippen molar-refractivity contribution in [1.29, 1.82) is 0 Å². The lowest BCUT2D eigenvalue weighted by Crippen LogP contribution is -2.34. The Kier molecular flexibility index (Phi) is 4.82. The Morgan fingerprint density at radius 2 is 2.14 bits per heavy atom. The molecule has 21 heavy (non-hydrogen) atoms. The van der Waals surface area contributed by atoms with Crippen LogP contribution in [0.2, 0.25) is 0 Å². The molecule has 1 aromatic heterocycles. The lowest BCUT2D eigenvalue weighted by Gasteiger charge is -2.29. The number of hydrogen-bond donors (Lipinski definition) is 2. The maximum Gasteiger partial charge on any atom is 0.391 e. The fraction of sp³-hybridized carbons (Fsp3) is 0.571. The third kappa shape index (κ3) is 4.17. The number of pyridine rings is 1. The molecule has 1 fully saturated rings. The molecule has 4 nitrogen and oxygen atoms in total. The fourth-order valence-corrected chi connectivity index (χ4v) is 2.57. The number of nitrogens with two attached hydrogens (primary N) is 1. The lowest BCUT2D eigenvalue weighted by atomic mass is 9.80. The van der Waals surface area contributed by atoms with Gasteiger partial charge in [0, 0.05) is 18.7 Å². The predicted molar refractivity (Wildman–Crippen MR) is 72.3 cm³/mol. The van der Waals surface area contributed by atoms with E-state index in [0.29, 0.717) is 25.2 Å². The minimum absolute atomic E-state index is 0.108. The van der Waals surface area contributed by atoms with Gasteiger partial charge in [-0.05, 0) is 30.9 Å². The van der Waals surface area contributed by atoms with E-state index in [-0.39, 0.29) is 12.8 Å². The Morgan fingerprint density at radius 3 is 2.71 bits per heavy atom. The van der Waals surface area contributed by atoms with Crippen LogP contribution in [0.5, 0.6) is 0 Å². The molecule has 7 heteroatoms. The van der Waals surface area contributed by atoms with Gasteiger partial charge in [-0.1, -0.05) is 12.5 Å². The molecule has 3 N–H and O–H groups in total. The van der Waals surface area contributed by atoms with E-state index in [9.17, 15) is 18.0 Å². The van der Waals surface area contributed by atoms with E-state index in [1.54, 1.807) is 12.1 Å². The Hall–Kier alpha value is -1.63. The third-order valence-corrected chi connectivity index (χ3v) is 3.82. The second-order valence-corrected chi connectivity index (χ2v) is 5.35. The summed E-state index contributed by atoms with van der Waals surface area (Å²) in [5.74, 6) is -2.04. The van der Waals surface area contributed by atoms with Gasteiger partial charge in [-0.3, -0.25) is 4.79 Å². The molecule has 1 heterocycles. The van der Waals surface area contributed by atoms with Crippen molar-refractivity contribution in [2.24, 2.45) is 17.6 Å². The average molecular weight is 301 g/mol. The summed E-state index contributed by atoms with van der Waals surface area (Å²) < 4.78 is 38.2. The SMILES string of the molecule is NCc1ccc(NC(=O)C2CCCC(C(F)(F)F)C2)nc1. The normalized spacial score (nSPS) is 22.9. The van der Waals surface area contributed by atoms with E-state index >= 15 is 0 Å². The molecule has 1 amide bonds. The number of carbonyl (C=O) groups is 1. The summed E-state index contributed by atoms with van der Waals surface area (Å²) in [6.07, 6.45) is -1.82. The molecular formula is C14H18F3N3O. The van der Waals surface area contributed by atoms with Crippen molar-refractivity contribution in [1.82, 2.24) is 4.98 Å². The second kappa shape index (κ2) is 6.43. The topological polar surface area (TPSA) is 68.0 Å². The number of alkyl halides is 3. The molecule has 2 atom stereocenters. The third-order valence-electron chi connectivity index (χ3n) is 3.82. The van der Waals surface area contributed by atoms with Crippen molar-refractivity contribution in [2.45, 2.75) is 38.4 Å². The molecule has 0 aliphatic heterocycles. The van der Waals surface area contributed by atoms with E-state index in [1.165, 1.54) is 6.20 Å². The van der Waals surface area contributed by atoms with Crippen LogP contribution in [0, 0.1) is 11.8 Å². The zero-order valence-corrected chi connectivity index (χ0v) is 11.5. The highest BCUT2D eigenvalue weighted by atomic mass is 19.4. The van der Waals surface area contributed by atoms with Crippen molar-refractivity contribution in [3.63, 3.8) is 0 Å². The quantitative estimate of drug-likeness (QED) is 0.902. The number of aromatic nitrogens is 1. The molecule has 1 saturated carbocycles. The highest BCUT2D eigenvalue weighted by Gasteiger charge is 2.43. The Bertz CT molecular complexity index is 487. The van der Waals surface area contributed by atoms with Gasteiger partial charge < -0.3 is 11.1 Å². The highest BCUT2D eigenvalue weighted by molar-refractivity contribution is 5.91. The summed E-state index contributed by atoms with van der Waals surface area (Å²) in [6, 6.07) is 3.33. The molecule has 2 unspecified atom stereocenters. The van der Waals surface area contributed by atoms with E-state index in [1.807, 2.05) is 0 Å². The first-order valence-corrected chi connectivity index (χ1v) is 6.92. The number of anilines is 1. The van der Waals surface area contributed by atoms with E-state index in [0.717, 1.165) is 5.56 Å². The molecular weight excluding hydrogens is 283 g/mol. The number of halogens is 3. The Balaban J connectivity index is 1.96. The van der Waals surface area contributed by atoms with Gasteiger partial charge in [0.25, 0.3) is 0 Å². The monoisotopic (exact) mass is 301 g/mol. The summed E-state index contributed by atoms with van der Waals surface area (Å²) in [4.78, 5) is 16.1. The minimum atomic E-state index is -4.22. The van der Waals surface area contributed by atoms with Gasteiger partial charge >= 0.3 is 6.18 Å². The van der Waals surface area contributed by atoms with Crippen molar-refractivity contribution < 1.29 is 18.0 Å². The Labute approximate surface area is 120 Å². The van der Waals surface area contributed by atoms with Crippen molar-refractivity contribution >= 4 is 11.7 Å². The van der Waals surface area contributed by atoms with Gasteiger partial charge in [0.1, 0.15) is 5.82 Å². The smallest absolute Gasteiger partial charge is 0.326 e. The van der Waals surface area contributed by atoms with Crippen molar-refractivity contribution in [3.8, 4) is 0 Å². The molecule has 0 bridgehead atoms. The number of hydrogen-bond acceptors (Lipinski definition) is 3. The van der Waals surface area contributed by atoms with Crippen LogP contribution in [0.1, 0.15) is 31.2 Å². The zero-order valence-electron chi connectivity index (χ0n) is 11.5. The minimum Gasteiger partial charge on any atom is -0.326 e. The summed E-state index contributed by atoms with van der Waals surface area (Å²) in [5, 5.41) is 2.58. The number of amides is 1. The summed E-state index contributed by atoms with van der Waals surface area (Å²) in [5.41, 5.74) is 6.26. The van der Waals surface area contributed by atoms with Crippen LogP contribution in [0.15, 0.2) is 18.3 Å². The average Bonchev–Trinajstić information content (AvgIpc) is 2.47. The van der Waals surface area contributed by atoms with Crippen LogP contribution in [-0.4, -0.2) is 17.1 Å². The molecule has 0 spiro atoms. The molecule has 116 valence electrons. The van der Waals surface area contributed by atoms with Gasteiger partial charge in [0.15, 0.2) is 0 Å². The summed E-state index contributed by atoms with van der Waals surface area (Å²) in [7, 11) is 0. The maximum absolute atomic E-state index is 12.7. The zero-order chi connectivity index (χ0) is 15.5. The molecule has 1 aliphatic rings. The molecule has 1 aliphatic carbocycles. The maximum atomic E-state index is 12.7. The molecule has 1 aromatic rings.